The maximum Gasteiger partial charge on any atom is 0.298 e. The number of thioether (sulfide) groups is 1. The summed E-state index contributed by atoms with van der Waals surface area (Å²) in [5.41, 5.74) is 0.791. The smallest absolute Gasteiger partial charge is 0.298 e. The monoisotopic (exact) mass is 379 g/mol. The lowest BCUT2D eigenvalue weighted by Gasteiger charge is -2.22. The molecule has 6 nitrogen and oxygen atoms in total. The molecule has 0 bridgehead atoms. The number of carbonyl (C=O) groups is 2. The molecule has 0 aliphatic carbocycles. The first-order valence-electron chi connectivity index (χ1n) is 8.84. The summed E-state index contributed by atoms with van der Waals surface area (Å²) in [4.78, 5) is 28.1. The highest BCUT2D eigenvalue weighted by Crippen LogP contribution is 2.33. The van der Waals surface area contributed by atoms with Gasteiger partial charge in [0.15, 0.2) is 18.2 Å². The Morgan fingerprint density at radius 1 is 1.08 bits per heavy atom. The number of imide groups is 1. The molecular formula is C19H27N2O4S+. The second-order valence-electron chi connectivity index (χ2n) is 6.13. The van der Waals surface area contributed by atoms with Gasteiger partial charge in [0.1, 0.15) is 0 Å². The number of hydrogen-bond acceptors (Lipinski definition) is 5. The van der Waals surface area contributed by atoms with E-state index in [0.717, 1.165) is 43.3 Å². The van der Waals surface area contributed by atoms with Gasteiger partial charge in [-0.3, -0.25) is 9.59 Å². The summed E-state index contributed by atoms with van der Waals surface area (Å²) in [5.74, 6) is 0.984. The van der Waals surface area contributed by atoms with Crippen LogP contribution in [0.4, 0.5) is 4.79 Å². The first-order chi connectivity index (χ1) is 12.5. The molecule has 1 aromatic carbocycles. The first-order valence-corrected chi connectivity index (χ1v) is 9.66. The van der Waals surface area contributed by atoms with Gasteiger partial charge in [-0.2, -0.15) is 0 Å². The van der Waals surface area contributed by atoms with Crippen LogP contribution in [-0.2, 0) is 4.79 Å². The van der Waals surface area contributed by atoms with Crippen LogP contribution in [0.15, 0.2) is 23.1 Å². The number of benzene rings is 1. The van der Waals surface area contributed by atoms with Gasteiger partial charge >= 0.3 is 0 Å². The van der Waals surface area contributed by atoms with Crippen LogP contribution >= 0.6 is 11.8 Å². The number of quaternary nitrogens is 1. The first kappa shape index (κ1) is 20.3. The molecule has 2 amide bonds. The van der Waals surface area contributed by atoms with E-state index < -0.39 is 0 Å². The highest BCUT2D eigenvalue weighted by atomic mass is 32.2. The molecule has 1 saturated heterocycles. The zero-order valence-electron chi connectivity index (χ0n) is 15.8. The molecule has 1 heterocycles. The van der Waals surface area contributed by atoms with Gasteiger partial charge in [-0.1, -0.05) is 19.9 Å². The van der Waals surface area contributed by atoms with Crippen molar-refractivity contribution in [1.82, 2.24) is 4.90 Å². The topological polar surface area (TPSA) is 60.3 Å². The van der Waals surface area contributed by atoms with Crippen LogP contribution in [0.1, 0.15) is 32.3 Å². The Labute approximate surface area is 159 Å². The van der Waals surface area contributed by atoms with Crippen molar-refractivity contribution in [1.29, 1.82) is 0 Å². The van der Waals surface area contributed by atoms with E-state index in [0.29, 0.717) is 23.1 Å². The summed E-state index contributed by atoms with van der Waals surface area (Å²) in [6.45, 7) is 6.55. The highest BCUT2D eigenvalue weighted by molar-refractivity contribution is 8.18. The number of amides is 2. The third kappa shape index (κ3) is 4.80. The molecule has 2 rings (SSSR count). The van der Waals surface area contributed by atoms with E-state index in [-0.39, 0.29) is 11.1 Å². The third-order valence-corrected chi connectivity index (χ3v) is 5.08. The van der Waals surface area contributed by atoms with Crippen LogP contribution in [0.2, 0.25) is 0 Å². The Kier molecular flexibility index (Phi) is 7.53. The van der Waals surface area contributed by atoms with Crippen molar-refractivity contribution >= 4 is 29.0 Å². The van der Waals surface area contributed by atoms with Gasteiger partial charge in [0, 0.05) is 0 Å². The molecule has 7 heteroatoms. The van der Waals surface area contributed by atoms with Crippen molar-refractivity contribution in [3.8, 4) is 11.5 Å². The van der Waals surface area contributed by atoms with Crippen molar-refractivity contribution < 1.29 is 24.0 Å². The van der Waals surface area contributed by atoms with Gasteiger partial charge < -0.3 is 14.4 Å². The number of ether oxygens (including phenoxy) is 2. The number of nitrogens with zero attached hydrogens (tertiary/aromatic N) is 1. The minimum Gasteiger partial charge on any atom is -0.493 e. The van der Waals surface area contributed by atoms with Crippen molar-refractivity contribution in [2.45, 2.75) is 26.7 Å². The van der Waals surface area contributed by atoms with E-state index >= 15 is 0 Å². The standard InChI is InChI=1S/C19H26N2O4S/c1-5-9-20(10-6-2)13-21-18(22)17(26-19(21)23)12-14-7-8-15(24-3)16(11-14)25-4/h7-8,11-12H,5-6,9-10,13H2,1-4H3/p+1/b17-12+. The van der Waals surface area contributed by atoms with E-state index in [2.05, 4.69) is 13.8 Å². The molecule has 1 N–H and O–H groups in total. The molecule has 0 spiro atoms. The van der Waals surface area contributed by atoms with Crippen LogP contribution in [0, 0.1) is 0 Å². The van der Waals surface area contributed by atoms with Gasteiger partial charge in [0.2, 0.25) is 0 Å². The van der Waals surface area contributed by atoms with Crippen LogP contribution in [0.25, 0.3) is 6.08 Å². The highest BCUT2D eigenvalue weighted by Gasteiger charge is 2.37. The lowest BCUT2D eigenvalue weighted by Crippen LogP contribution is -3.13. The van der Waals surface area contributed by atoms with E-state index in [9.17, 15) is 9.59 Å². The summed E-state index contributed by atoms with van der Waals surface area (Å²) in [7, 11) is 3.14. The van der Waals surface area contributed by atoms with E-state index in [4.69, 9.17) is 9.47 Å². The minimum atomic E-state index is -0.223. The lowest BCUT2D eigenvalue weighted by molar-refractivity contribution is -0.907. The van der Waals surface area contributed by atoms with Crippen molar-refractivity contribution in [3.05, 3.63) is 28.7 Å². The summed E-state index contributed by atoms with van der Waals surface area (Å²) in [6.07, 6.45) is 3.77. The molecule has 1 aliphatic rings. The molecule has 0 atom stereocenters. The molecule has 1 aromatic rings. The fourth-order valence-electron chi connectivity index (χ4n) is 2.94. The van der Waals surface area contributed by atoms with Crippen molar-refractivity contribution in [3.63, 3.8) is 0 Å². The Bertz CT molecular complexity index is 684. The Morgan fingerprint density at radius 3 is 2.31 bits per heavy atom. The van der Waals surface area contributed by atoms with Gasteiger partial charge in [-0.15, -0.1) is 0 Å². The van der Waals surface area contributed by atoms with Gasteiger partial charge in [-0.25, -0.2) is 4.90 Å². The second kappa shape index (κ2) is 9.64. The predicted molar refractivity (Wildman–Crippen MR) is 104 cm³/mol. The van der Waals surface area contributed by atoms with E-state index in [1.165, 1.54) is 9.80 Å². The molecule has 142 valence electrons. The third-order valence-electron chi connectivity index (χ3n) is 4.17. The normalized spacial score (nSPS) is 16.0. The zero-order chi connectivity index (χ0) is 19.1. The average Bonchev–Trinajstić information content (AvgIpc) is 2.89. The fraction of sp³-hybridized carbons (Fsp3) is 0.474. The van der Waals surface area contributed by atoms with Crippen molar-refractivity contribution in [2.75, 3.05) is 34.0 Å². The molecule has 1 aliphatic heterocycles. The quantitative estimate of drug-likeness (QED) is 0.668. The van der Waals surface area contributed by atoms with Crippen molar-refractivity contribution in [2.24, 2.45) is 0 Å². The Balaban J connectivity index is 2.18. The largest absolute Gasteiger partial charge is 0.493 e. The van der Waals surface area contributed by atoms with Crippen LogP contribution < -0.4 is 14.4 Å². The SMILES string of the molecule is CCC[NH+](CCC)CN1C(=O)S/C(=C/c2ccc(OC)c(OC)c2)C1=O. The molecule has 0 radical (unpaired) electrons. The van der Waals surface area contributed by atoms with Gasteiger partial charge in [0.05, 0.1) is 32.2 Å². The van der Waals surface area contributed by atoms with E-state index in [1.54, 1.807) is 32.4 Å². The van der Waals surface area contributed by atoms with Crippen LogP contribution in [0.5, 0.6) is 11.5 Å². The van der Waals surface area contributed by atoms with Crippen LogP contribution in [-0.4, -0.2) is 50.0 Å². The number of carbonyl (C=O) groups excluding carboxylic acids is 2. The predicted octanol–water partition coefficient (Wildman–Crippen LogP) is 2.40. The van der Waals surface area contributed by atoms with Crippen LogP contribution in [0.3, 0.4) is 0 Å². The summed E-state index contributed by atoms with van der Waals surface area (Å²) in [5, 5.41) is -0.202. The van der Waals surface area contributed by atoms with Gasteiger partial charge in [0.25, 0.3) is 11.1 Å². The molecule has 26 heavy (non-hydrogen) atoms. The van der Waals surface area contributed by atoms with Gasteiger partial charge in [-0.05, 0) is 48.4 Å². The summed E-state index contributed by atoms with van der Waals surface area (Å²) >= 11 is 0.991. The Morgan fingerprint density at radius 2 is 1.73 bits per heavy atom. The molecular weight excluding hydrogens is 352 g/mol. The van der Waals surface area contributed by atoms with E-state index in [1.807, 2.05) is 6.07 Å². The molecule has 1 fully saturated rings. The second-order valence-corrected chi connectivity index (χ2v) is 7.13. The summed E-state index contributed by atoms with van der Waals surface area (Å²) < 4.78 is 10.5. The average molecular weight is 380 g/mol. The maximum atomic E-state index is 12.7. The molecule has 0 saturated carbocycles. The Hall–Kier alpha value is -1.99. The minimum absolute atomic E-state index is 0.202. The number of hydrogen-bond donors (Lipinski definition) is 1. The maximum absolute atomic E-state index is 12.7. The zero-order valence-corrected chi connectivity index (χ0v) is 16.6. The fourth-order valence-corrected chi connectivity index (χ4v) is 3.78. The number of methoxy groups -OCH3 is 2. The molecule has 0 aromatic heterocycles. The number of rotatable bonds is 9. The summed E-state index contributed by atoms with van der Waals surface area (Å²) in [6, 6.07) is 5.41. The molecule has 0 unspecified atom stereocenters. The lowest BCUT2D eigenvalue weighted by atomic mass is 10.2. The number of nitrogens with one attached hydrogen (secondary N) is 1.